The van der Waals surface area contributed by atoms with Gasteiger partial charge in [0.05, 0.1) is 24.0 Å². The lowest BCUT2D eigenvalue weighted by atomic mass is 10.1. The van der Waals surface area contributed by atoms with E-state index in [0.717, 1.165) is 23.1 Å². The van der Waals surface area contributed by atoms with Gasteiger partial charge in [-0.25, -0.2) is 4.98 Å². The first-order chi connectivity index (χ1) is 17.5. The van der Waals surface area contributed by atoms with Crippen molar-refractivity contribution in [1.82, 2.24) is 20.1 Å². The molecule has 0 saturated carbocycles. The van der Waals surface area contributed by atoms with E-state index in [1.54, 1.807) is 41.3 Å². The summed E-state index contributed by atoms with van der Waals surface area (Å²) < 4.78 is 7.67. The molecule has 0 aliphatic heterocycles. The Morgan fingerprint density at radius 2 is 1.83 bits per heavy atom. The topological polar surface area (TPSA) is 105 Å². The lowest BCUT2D eigenvalue weighted by molar-refractivity contribution is -0.118. The average molecular weight is 481 g/mol. The van der Waals surface area contributed by atoms with Crippen LogP contribution in [0.2, 0.25) is 0 Å². The van der Waals surface area contributed by atoms with Crippen LogP contribution in [0.3, 0.4) is 0 Å². The van der Waals surface area contributed by atoms with E-state index in [0.29, 0.717) is 23.7 Å². The summed E-state index contributed by atoms with van der Waals surface area (Å²) in [6.45, 7) is 2.53. The Kier molecular flexibility index (Phi) is 8.06. The molecule has 0 saturated heterocycles. The predicted octanol–water partition coefficient (Wildman–Crippen LogP) is 4.34. The fourth-order valence-electron chi connectivity index (χ4n) is 3.76. The zero-order valence-electron chi connectivity index (χ0n) is 20.3. The van der Waals surface area contributed by atoms with E-state index < -0.39 is 6.04 Å². The maximum atomic E-state index is 13.2. The van der Waals surface area contributed by atoms with Gasteiger partial charge in [0.1, 0.15) is 23.7 Å². The number of benzene rings is 2. The summed E-state index contributed by atoms with van der Waals surface area (Å²) in [6, 6.07) is 22.1. The van der Waals surface area contributed by atoms with Crippen LogP contribution in [-0.4, -0.2) is 27.2 Å². The molecule has 182 valence electrons. The lowest BCUT2D eigenvalue weighted by Crippen LogP contribution is -2.34. The number of aromatic nitrogens is 3. The molecule has 0 aliphatic carbocycles. The Morgan fingerprint density at radius 3 is 2.47 bits per heavy atom. The number of rotatable bonds is 10. The number of nitrogens with zero attached hydrogens (tertiary/aromatic N) is 4. The second-order valence-corrected chi connectivity index (χ2v) is 8.43. The van der Waals surface area contributed by atoms with Crippen LogP contribution in [0, 0.1) is 11.3 Å². The molecule has 2 N–H and O–H groups in total. The van der Waals surface area contributed by atoms with Gasteiger partial charge in [-0.1, -0.05) is 42.5 Å². The fraction of sp³-hybridized carbons (Fsp3) is 0.214. The van der Waals surface area contributed by atoms with Crippen molar-refractivity contribution in [1.29, 1.82) is 5.26 Å². The number of nitriles is 1. The number of amides is 1. The summed E-state index contributed by atoms with van der Waals surface area (Å²) in [5, 5.41) is 19.4. The van der Waals surface area contributed by atoms with Gasteiger partial charge in [0.25, 0.3) is 0 Å². The highest BCUT2D eigenvalue weighted by molar-refractivity contribution is 5.94. The van der Waals surface area contributed by atoms with Crippen molar-refractivity contribution >= 4 is 11.7 Å². The minimum absolute atomic E-state index is 0.177. The highest BCUT2D eigenvalue weighted by Crippen LogP contribution is 2.22. The van der Waals surface area contributed by atoms with Gasteiger partial charge < -0.3 is 15.4 Å². The van der Waals surface area contributed by atoms with Gasteiger partial charge in [0.15, 0.2) is 0 Å². The van der Waals surface area contributed by atoms with Gasteiger partial charge in [-0.05, 0) is 48.7 Å². The number of pyridine rings is 1. The zero-order chi connectivity index (χ0) is 25.3. The first-order valence-corrected chi connectivity index (χ1v) is 11.7. The molecule has 2 aromatic heterocycles. The molecule has 0 bridgehead atoms. The summed E-state index contributed by atoms with van der Waals surface area (Å²) >= 11 is 0. The van der Waals surface area contributed by atoms with Crippen molar-refractivity contribution < 1.29 is 9.53 Å². The van der Waals surface area contributed by atoms with Crippen molar-refractivity contribution in [2.75, 3.05) is 11.9 Å². The van der Waals surface area contributed by atoms with Crippen molar-refractivity contribution in [3.8, 4) is 11.8 Å². The van der Waals surface area contributed by atoms with E-state index in [1.807, 2.05) is 62.6 Å². The van der Waals surface area contributed by atoms with Crippen molar-refractivity contribution in [2.24, 2.45) is 7.05 Å². The van der Waals surface area contributed by atoms with E-state index in [2.05, 4.69) is 26.8 Å². The standard InChI is InChI=1S/C28H28N6O2/c1-20(24-17-32-34(2)19-24)36-25-12-13-26(31-18-25)33-28(35)27(23-6-4-3-5-7-23)30-15-14-21-8-10-22(16-29)11-9-21/h3-13,17-20,27,30H,14-15H2,1-2H3,(H,31,33,35)/t20-,27?/m1/s1. The van der Waals surface area contributed by atoms with E-state index in [9.17, 15) is 4.79 Å². The van der Waals surface area contributed by atoms with Crippen molar-refractivity contribution in [2.45, 2.75) is 25.5 Å². The molecule has 0 aliphatic rings. The number of aryl methyl sites for hydroxylation is 1. The van der Waals surface area contributed by atoms with Gasteiger partial charge in [-0.2, -0.15) is 10.4 Å². The second kappa shape index (κ2) is 11.8. The molecule has 2 aromatic carbocycles. The van der Waals surface area contributed by atoms with Crippen LogP contribution in [0.1, 0.15) is 41.3 Å². The minimum atomic E-state index is -0.548. The van der Waals surface area contributed by atoms with Crippen LogP contribution < -0.4 is 15.4 Å². The number of carbonyl (C=O) groups is 1. The molecule has 4 rings (SSSR count). The molecule has 0 fully saturated rings. The number of nitrogens with one attached hydrogen (secondary N) is 2. The van der Waals surface area contributed by atoms with Crippen LogP contribution in [-0.2, 0) is 18.3 Å². The number of anilines is 1. The number of carbonyl (C=O) groups excluding carboxylic acids is 1. The molecule has 36 heavy (non-hydrogen) atoms. The average Bonchev–Trinajstić information content (AvgIpc) is 3.35. The highest BCUT2D eigenvalue weighted by Gasteiger charge is 2.20. The molecule has 8 heteroatoms. The van der Waals surface area contributed by atoms with Gasteiger partial charge in [0, 0.05) is 25.4 Å². The van der Waals surface area contributed by atoms with Gasteiger partial charge in [-0.15, -0.1) is 0 Å². The molecular weight excluding hydrogens is 452 g/mol. The fourth-order valence-corrected chi connectivity index (χ4v) is 3.76. The Morgan fingerprint density at radius 1 is 1.06 bits per heavy atom. The van der Waals surface area contributed by atoms with Crippen LogP contribution in [0.25, 0.3) is 0 Å². The molecule has 0 radical (unpaired) electrons. The van der Waals surface area contributed by atoms with Gasteiger partial charge >= 0.3 is 0 Å². The number of hydrogen-bond donors (Lipinski definition) is 2. The Balaban J connectivity index is 1.37. The van der Waals surface area contributed by atoms with Crippen LogP contribution >= 0.6 is 0 Å². The molecular formula is C28H28N6O2. The maximum absolute atomic E-state index is 13.2. The normalized spacial score (nSPS) is 12.4. The van der Waals surface area contributed by atoms with Crippen LogP contribution in [0.15, 0.2) is 85.3 Å². The van der Waals surface area contributed by atoms with E-state index in [-0.39, 0.29) is 12.0 Å². The van der Waals surface area contributed by atoms with Crippen molar-refractivity contribution in [3.05, 3.63) is 108 Å². The molecule has 1 unspecified atom stereocenters. The molecule has 0 spiro atoms. The third-order valence-corrected chi connectivity index (χ3v) is 5.74. The first kappa shape index (κ1) is 24.6. The quantitative estimate of drug-likeness (QED) is 0.350. The molecule has 1 amide bonds. The van der Waals surface area contributed by atoms with Crippen molar-refractivity contribution in [3.63, 3.8) is 0 Å². The SMILES string of the molecule is C[C@@H](Oc1ccc(NC(=O)C(NCCc2ccc(C#N)cc2)c2ccccc2)nc1)c1cnn(C)c1. The molecule has 4 aromatic rings. The predicted molar refractivity (Wildman–Crippen MR) is 137 cm³/mol. The maximum Gasteiger partial charge on any atom is 0.247 e. The lowest BCUT2D eigenvalue weighted by Gasteiger charge is -2.19. The number of hydrogen-bond acceptors (Lipinski definition) is 6. The summed E-state index contributed by atoms with van der Waals surface area (Å²) in [5.41, 5.74) is 3.54. The molecule has 2 atom stereocenters. The smallest absolute Gasteiger partial charge is 0.247 e. The second-order valence-electron chi connectivity index (χ2n) is 8.43. The summed E-state index contributed by atoms with van der Waals surface area (Å²) in [4.78, 5) is 17.6. The van der Waals surface area contributed by atoms with E-state index in [4.69, 9.17) is 10.00 Å². The molecule has 8 nitrogen and oxygen atoms in total. The van der Waals surface area contributed by atoms with E-state index >= 15 is 0 Å². The largest absolute Gasteiger partial charge is 0.484 e. The number of ether oxygens (including phenoxy) is 1. The summed E-state index contributed by atoms with van der Waals surface area (Å²) in [6.07, 6.45) is 5.82. The molecule has 2 heterocycles. The van der Waals surface area contributed by atoms with Gasteiger partial charge in [0.2, 0.25) is 5.91 Å². The Bertz CT molecular complexity index is 1310. The van der Waals surface area contributed by atoms with E-state index in [1.165, 1.54) is 0 Å². The third-order valence-electron chi connectivity index (χ3n) is 5.74. The Labute approximate surface area is 210 Å². The highest BCUT2D eigenvalue weighted by atomic mass is 16.5. The minimum Gasteiger partial charge on any atom is -0.484 e. The third kappa shape index (κ3) is 6.56. The Hall–Kier alpha value is -4.48. The summed E-state index contributed by atoms with van der Waals surface area (Å²) in [7, 11) is 1.86. The zero-order valence-corrected chi connectivity index (χ0v) is 20.3. The van der Waals surface area contributed by atoms with Crippen LogP contribution in [0.4, 0.5) is 5.82 Å². The first-order valence-electron chi connectivity index (χ1n) is 11.7. The monoisotopic (exact) mass is 480 g/mol. The summed E-state index contributed by atoms with van der Waals surface area (Å²) in [5.74, 6) is 0.839. The van der Waals surface area contributed by atoms with Gasteiger partial charge in [-0.3, -0.25) is 9.48 Å². The van der Waals surface area contributed by atoms with Crippen LogP contribution in [0.5, 0.6) is 5.75 Å².